The topological polar surface area (TPSA) is 42.4 Å². The van der Waals surface area contributed by atoms with Gasteiger partial charge in [0.1, 0.15) is 24.8 Å². The molecule has 0 bridgehead atoms. The number of rotatable bonds is 3. The van der Waals surface area contributed by atoms with E-state index < -0.39 is 5.82 Å². The van der Waals surface area contributed by atoms with Crippen molar-refractivity contribution < 1.29 is 14.2 Å². The van der Waals surface area contributed by atoms with Crippen LogP contribution in [0.5, 0.6) is 5.75 Å². The van der Waals surface area contributed by atoms with E-state index in [2.05, 4.69) is 16.8 Å². The number of aromatic nitrogens is 1. The van der Waals surface area contributed by atoms with Gasteiger partial charge in [0.2, 0.25) is 0 Å². The van der Waals surface area contributed by atoms with E-state index in [1.807, 2.05) is 0 Å². The number of hydrogen-bond donors (Lipinski definition) is 1. The summed E-state index contributed by atoms with van der Waals surface area (Å²) in [5.74, 6) is 5.29. The normalized spacial score (nSPS) is 9.75. The Balaban J connectivity index is 2.05. The van der Waals surface area contributed by atoms with Crippen molar-refractivity contribution in [3.8, 4) is 17.6 Å². The molecule has 0 aliphatic carbocycles. The minimum absolute atomic E-state index is 0.0803. The minimum Gasteiger partial charge on any atom is -0.487 e. The summed E-state index contributed by atoms with van der Waals surface area (Å²) in [6.45, 7) is -0.0121. The molecular formula is C15H11ClFNO2. The van der Waals surface area contributed by atoms with Crippen molar-refractivity contribution in [1.82, 2.24) is 4.98 Å². The molecule has 0 aliphatic heterocycles. The standard InChI is InChI=1S/C15H11ClFNO2/c16-14-4-3-12(7-15(14)17)10-20-13-6-11(2-1-5-19)8-18-9-13/h3-4,6-9,19H,5,10H2. The second kappa shape index (κ2) is 6.90. The molecule has 5 heteroatoms. The van der Waals surface area contributed by atoms with Gasteiger partial charge in [-0.25, -0.2) is 4.39 Å². The Morgan fingerprint density at radius 1 is 1.30 bits per heavy atom. The molecule has 1 N–H and O–H groups in total. The summed E-state index contributed by atoms with van der Waals surface area (Å²) in [4.78, 5) is 3.98. The molecule has 0 unspecified atom stereocenters. The number of pyridine rings is 1. The van der Waals surface area contributed by atoms with Crippen LogP contribution in [0.25, 0.3) is 0 Å². The number of hydrogen-bond acceptors (Lipinski definition) is 3. The van der Waals surface area contributed by atoms with Gasteiger partial charge in [-0.15, -0.1) is 0 Å². The first kappa shape index (κ1) is 14.3. The van der Waals surface area contributed by atoms with Crippen molar-refractivity contribution >= 4 is 11.6 Å². The Hall–Kier alpha value is -2.09. The van der Waals surface area contributed by atoms with Crippen molar-refractivity contribution in [3.05, 3.63) is 58.6 Å². The van der Waals surface area contributed by atoms with E-state index in [-0.39, 0.29) is 18.2 Å². The van der Waals surface area contributed by atoms with Gasteiger partial charge in [0, 0.05) is 11.8 Å². The van der Waals surface area contributed by atoms with Gasteiger partial charge in [0.15, 0.2) is 0 Å². The molecule has 2 aromatic rings. The van der Waals surface area contributed by atoms with E-state index in [9.17, 15) is 4.39 Å². The van der Waals surface area contributed by atoms with Crippen LogP contribution in [0.4, 0.5) is 4.39 Å². The van der Waals surface area contributed by atoms with Gasteiger partial charge in [0.05, 0.1) is 11.2 Å². The van der Waals surface area contributed by atoms with E-state index in [0.29, 0.717) is 16.9 Å². The number of benzene rings is 1. The van der Waals surface area contributed by atoms with Gasteiger partial charge in [0.25, 0.3) is 0 Å². The maximum atomic E-state index is 13.3. The highest BCUT2D eigenvalue weighted by Crippen LogP contribution is 2.17. The van der Waals surface area contributed by atoms with Gasteiger partial charge in [-0.1, -0.05) is 29.5 Å². The monoisotopic (exact) mass is 291 g/mol. The predicted octanol–water partition coefficient (Wildman–Crippen LogP) is 2.80. The van der Waals surface area contributed by atoms with E-state index in [0.717, 1.165) is 0 Å². The molecule has 0 atom stereocenters. The molecular weight excluding hydrogens is 281 g/mol. The van der Waals surface area contributed by atoms with Gasteiger partial charge in [-0.3, -0.25) is 4.98 Å². The molecule has 1 aromatic heterocycles. The Bertz CT molecular complexity index is 664. The van der Waals surface area contributed by atoms with Crippen LogP contribution in [0.15, 0.2) is 36.7 Å². The zero-order valence-electron chi connectivity index (χ0n) is 10.4. The Labute approximate surface area is 121 Å². The molecule has 1 heterocycles. The van der Waals surface area contributed by atoms with E-state index in [4.69, 9.17) is 21.4 Å². The zero-order chi connectivity index (χ0) is 14.4. The fraction of sp³-hybridized carbons (Fsp3) is 0.133. The van der Waals surface area contributed by atoms with Crippen molar-refractivity contribution in [1.29, 1.82) is 0 Å². The third-order valence-corrected chi connectivity index (χ3v) is 2.72. The smallest absolute Gasteiger partial charge is 0.142 e. The second-order valence-corrected chi connectivity index (χ2v) is 4.31. The zero-order valence-corrected chi connectivity index (χ0v) is 11.2. The summed E-state index contributed by atoms with van der Waals surface area (Å²) in [6, 6.07) is 6.19. The molecule has 0 saturated carbocycles. The molecule has 0 amide bonds. The van der Waals surface area contributed by atoms with Crippen LogP contribution in [0.1, 0.15) is 11.1 Å². The molecule has 1 aromatic carbocycles. The minimum atomic E-state index is -0.478. The molecule has 0 radical (unpaired) electrons. The first-order chi connectivity index (χ1) is 9.69. The largest absolute Gasteiger partial charge is 0.487 e. The maximum Gasteiger partial charge on any atom is 0.142 e. The number of nitrogens with zero attached hydrogens (tertiary/aromatic N) is 1. The highest BCUT2D eigenvalue weighted by atomic mass is 35.5. The molecule has 0 fully saturated rings. The summed E-state index contributed by atoms with van der Waals surface area (Å²) in [7, 11) is 0. The van der Waals surface area contributed by atoms with Gasteiger partial charge in [-0.2, -0.15) is 0 Å². The average Bonchev–Trinajstić information content (AvgIpc) is 2.47. The fourth-order valence-electron chi connectivity index (χ4n) is 1.50. The first-order valence-electron chi connectivity index (χ1n) is 5.80. The Morgan fingerprint density at radius 2 is 2.15 bits per heavy atom. The lowest BCUT2D eigenvalue weighted by Gasteiger charge is -2.06. The number of aliphatic hydroxyl groups excluding tert-OH is 1. The lowest BCUT2D eigenvalue weighted by atomic mass is 10.2. The van der Waals surface area contributed by atoms with Crippen LogP contribution in [0, 0.1) is 17.7 Å². The fourth-order valence-corrected chi connectivity index (χ4v) is 1.62. The molecule has 20 heavy (non-hydrogen) atoms. The van der Waals surface area contributed by atoms with Crippen LogP contribution in [-0.2, 0) is 6.61 Å². The van der Waals surface area contributed by atoms with Gasteiger partial charge >= 0.3 is 0 Å². The van der Waals surface area contributed by atoms with Crippen LogP contribution >= 0.6 is 11.6 Å². The van der Waals surface area contributed by atoms with Crippen LogP contribution in [0.3, 0.4) is 0 Å². The molecule has 3 nitrogen and oxygen atoms in total. The third-order valence-electron chi connectivity index (χ3n) is 2.41. The summed E-state index contributed by atoms with van der Waals surface area (Å²) < 4.78 is 18.8. The molecule has 0 aliphatic rings. The van der Waals surface area contributed by atoms with Crippen molar-refractivity contribution in [2.24, 2.45) is 0 Å². The van der Waals surface area contributed by atoms with Crippen LogP contribution < -0.4 is 4.74 Å². The number of ether oxygens (including phenoxy) is 1. The van der Waals surface area contributed by atoms with Crippen molar-refractivity contribution in [2.45, 2.75) is 6.61 Å². The van der Waals surface area contributed by atoms with E-state index in [1.165, 1.54) is 18.3 Å². The van der Waals surface area contributed by atoms with Crippen LogP contribution in [-0.4, -0.2) is 16.7 Å². The summed E-state index contributed by atoms with van der Waals surface area (Å²) >= 11 is 5.61. The predicted molar refractivity (Wildman–Crippen MR) is 73.9 cm³/mol. The summed E-state index contributed by atoms with van der Waals surface area (Å²) in [5.41, 5.74) is 1.30. The summed E-state index contributed by atoms with van der Waals surface area (Å²) in [5, 5.41) is 8.71. The van der Waals surface area contributed by atoms with E-state index >= 15 is 0 Å². The van der Waals surface area contributed by atoms with Crippen molar-refractivity contribution in [2.75, 3.05) is 6.61 Å². The average molecular weight is 292 g/mol. The highest BCUT2D eigenvalue weighted by molar-refractivity contribution is 6.30. The van der Waals surface area contributed by atoms with Gasteiger partial charge in [-0.05, 0) is 23.8 Å². The van der Waals surface area contributed by atoms with Gasteiger partial charge < -0.3 is 9.84 Å². The third kappa shape index (κ3) is 3.95. The number of halogens is 2. The SMILES string of the molecule is OCC#Cc1cncc(OCc2ccc(Cl)c(F)c2)c1. The lowest BCUT2D eigenvalue weighted by Crippen LogP contribution is -1.97. The lowest BCUT2D eigenvalue weighted by molar-refractivity contribution is 0.304. The Kier molecular flexibility index (Phi) is 4.94. The molecule has 2 rings (SSSR count). The number of aliphatic hydroxyl groups is 1. The molecule has 102 valence electrons. The van der Waals surface area contributed by atoms with Crippen molar-refractivity contribution in [3.63, 3.8) is 0 Å². The van der Waals surface area contributed by atoms with Crippen LogP contribution in [0.2, 0.25) is 5.02 Å². The quantitative estimate of drug-likeness (QED) is 0.884. The Morgan fingerprint density at radius 3 is 2.90 bits per heavy atom. The first-order valence-corrected chi connectivity index (χ1v) is 6.18. The molecule has 0 spiro atoms. The molecule has 0 saturated heterocycles. The second-order valence-electron chi connectivity index (χ2n) is 3.91. The summed E-state index contributed by atoms with van der Waals surface area (Å²) in [6.07, 6.45) is 3.11. The van der Waals surface area contributed by atoms with E-state index in [1.54, 1.807) is 18.3 Å². The highest BCUT2D eigenvalue weighted by Gasteiger charge is 2.02. The maximum absolute atomic E-state index is 13.3.